The molecular weight excluding hydrogens is 526 g/mol. The Balaban J connectivity index is 1.62. The summed E-state index contributed by atoms with van der Waals surface area (Å²) in [5.41, 5.74) is -3.75. The molecule has 38 heavy (non-hydrogen) atoms. The number of carbonyl (C=O) groups excluding carboxylic acids is 2. The molecule has 2 aromatic rings. The number of aromatic nitrogens is 1. The van der Waals surface area contributed by atoms with Gasteiger partial charge in [-0.3, -0.25) is 14.6 Å². The second kappa shape index (κ2) is 9.81. The van der Waals surface area contributed by atoms with Gasteiger partial charge in [0, 0.05) is 24.0 Å². The number of carbonyl (C=O) groups is 2. The van der Waals surface area contributed by atoms with Gasteiger partial charge in [0.15, 0.2) is 0 Å². The van der Waals surface area contributed by atoms with E-state index in [2.05, 4.69) is 10.3 Å². The Kier molecular flexibility index (Phi) is 7.17. The fourth-order valence-corrected chi connectivity index (χ4v) is 4.79. The van der Waals surface area contributed by atoms with Crippen LogP contribution in [0.4, 0.5) is 35.1 Å². The highest BCUT2D eigenvalue weighted by Crippen LogP contribution is 2.44. The Morgan fingerprint density at radius 2 is 1.63 bits per heavy atom. The largest absolute Gasteiger partial charge is 0.419 e. The average molecular weight is 549 g/mol. The highest BCUT2D eigenvalue weighted by atomic mass is 19.4. The third kappa shape index (κ3) is 5.46. The van der Waals surface area contributed by atoms with Crippen LogP contribution in [0, 0.1) is 23.5 Å². The minimum absolute atomic E-state index is 0.0440. The third-order valence-corrected chi connectivity index (χ3v) is 7.16. The fraction of sp³-hybridized carbons (Fsp3) is 0.480. The Bertz CT molecular complexity index is 1240. The van der Waals surface area contributed by atoms with Crippen LogP contribution in [0.2, 0.25) is 0 Å². The Morgan fingerprint density at radius 1 is 0.974 bits per heavy atom. The number of pyridine rings is 1. The van der Waals surface area contributed by atoms with Crippen LogP contribution >= 0.6 is 0 Å². The van der Waals surface area contributed by atoms with Crippen molar-refractivity contribution in [2.24, 2.45) is 11.8 Å². The van der Waals surface area contributed by atoms with Crippen molar-refractivity contribution in [3.63, 3.8) is 0 Å². The van der Waals surface area contributed by atoms with Gasteiger partial charge in [-0.15, -0.1) is 0 Å². The van der Waals surface area contributed by atoms with Crippen LogP contribution in [0.15, 0.2) is 30.6 Å². The van der Waals surface area contributed by atoms with E-state index in [1.807, 2.05) is 0 Å². The number of alkyl halides is 6. The van der Waals surface area contributed by atoms with Gasteiger partial charge in [-0.25, -0.2) is 8.78 Å². The summed E-state index contributed by atoms with van der Waals surface area (Å²) >= 11 is 0. The summed E-state index contributed by atoms with van der Waals surface area (Å²) in [6, 6.07) is -1.79. The van der Waals surface area contributed by atoms with Gasteiger partial charge in [0.25, 0.3) is 5.91 Å². The van der Waals surface area contributed by atoms with E-state index in [9.17, 15) is 44.7 Å². The van der Waals surface area contributed by atoms with E-state index in [1.165, 1.54) is 0 Å². The number of nitrogens with zero attached hydrogens (tertiary/aromatic N) is 2. The van der Waals surface area contributed by atoms with E-state index in [1.54, 1.807) is 13.8 Å². The number of rotatable bonds is 5. The molecule has 13 heteroatoms. The predicted molar refractivity (Wildman–Crippen MR) is 117 cm³/mol. The number of nitrogens with one attached hydrogen (secondary N) is 1. The first-order chi connectivity index (χ1) is 17.6. The molecule has 1 saturated carbocycles. The molecule has 2 fully saturated rings. The molecule has 206 valence electrons. The average Bonchev–Trinajstić information content (AvgIpc) is 3.62. The number of likely N-dealkylation sites (tertiary alicyclic amines) is 1. The van der Waals surface area contributed by atoms with Gasteiger partial charge in [-0.1, -0.05) is 6.92 Å². The number of benzene rings is 1. The van der Waals surface area contributed by atoms with Crippen molar-refractivity contribution >= 4 is 11.8 Å². The summed E-state index contributed by atoms with van der Waals surface area (Å²) in [4.78, 5) is 31.2. The van der Waals surface area contributed by atoms with Gasteiger partial charge in [0.05, 0.1) is 22.7 Å². The minimum Gasteiger partial charge on any atom is -0.347 e. The lowest BCUT2D eigenvalue weighted by molar-refractivity contribution is -0.140. The first-order valence-electron chi connectivity index (χ1n) is 11.8. The number of hydrogen-bond donors (Lipinski definition) is 1. The summed E-state index contributed by atoms with van der Waals surface area (Å²) in [6.45, 7) is 3.37. The molecule has 1 N–H and O–H groups in total. The maximum Gasteiger partial charge on any atom is 0.419 e. The van der Waals surface area contributed by atoms with Crippen LogP contribution in [0.5, 0.6) is 0 Å². The van der Waals surface area contributed by atoms with Crippen LogP contribution in [0.1, 0.15) is 66.2 Å². The van der Waals surface area contributed by atoms with Crippen molar-refractivity contribution in [2.75, 3.05) is 0 Å². The van der Waals surface area contributed by atoms with Gasteiger partial charge in [0.2, 0.25) is 5.91 Å². The SMILES string of the molecule is C[C@@H]1C[C@H](C(=O)NC(c2cc(F)c(C(F)(F)F)cc2F)C2CC2)N(C(=O)c2cncc(C(F)(F)F)c2)[C@@H]1C. The number of amides is 2. The van der Waals surface area contributed by atoms with Gasteiger partial charge in [-0.05, 0) is 56.2 Å². The molecule has 1 saturated heterocycles. The second-order valence-electron chi connectivity index (χ2n) is 9.82. The molecule has 2 heterocycles. The van der Waals surface area contributed by atoms with E-state index in [0.29, 0.717) is 31.2 Å². The summed E-state index contributed by atoms with van der Waals surface area (Å²) in [7, 11) is 0. The van der Waals surface area contributed by atoms with E-state index in [4.69, 9.17) is 0 Å². The molecule has 4 rings (SSSR count). The topological polar surface area (TPSA) is 62.3 Å². The van der Waals surface area contributed by atoms with Crippen molar-refractivity contribution < 1.29 is 44.7 Å². The molecule has 0 radical (unpaired) electrons. The standard InChI is InChI=1S/C25H23F8N3O2/c1-11-5-20(36(12(11)2)23(38)14-6-15(10-34-9-14)24(28,29)30)22(37)35-21(13-3-4-13)16-7-19(27)17(8-18(16)26)25(31,32)33/h6-13,20-21H,3-5H2,1-2H3,(H,35,37)/t11-,12-,20-,21?/m1/s1. The number of hydrogen-bond acceptors (Lipinski definition) is 3. The second-order valence-corrected chi connectivity index (χ2v) is 9.82. The first-order valence-corrected chi connectivity index (χ1v) is 11.8. The predicted octanol–water partition coefficient (Wildman–Crippen LogP) is 5.90. The van der Waals surface area contributed by atoms with E-state index >= 15 is 0 Å². The number of halogens is 8. The summed E-state index contributed by atoms with van der Waals surface area (Å²) in [5, 5.41) is 2.56. The minimum atomic E-state index is -5.11. The van der Waals surface area contributed by atoms with Gasteiger partial charge >= 0.3 is 12.4 Å². The zero-order valence-corrected chi connectivity index (χ0v) is 20.1. The van der Waals surface area contributed by atoms with Crippen LogP contribution in [-0.4, -0.2) is 33.8 Å². The molecule has 2 amide bonds. The summed E-state index contributed by atoms with van der Waals surface area (Å²) < 4.78 is 107. The van der Waals surface area contributed by atoms with E-state index in [0.717, 1.165) is 11.1 Å². The first kappa shape index (κ1) is 27.8. The quantitative estimate of drug-likeness (QED) is 0.473. The smallest absolute Gasteiger partial charge is 0.347 e. The van der Waals surface area contributed by atoms with Crippen molar-refractivity contribution in [2.45, 2.75) is 63.6 Å². The molecule has 1 unspecified atom stereocenters. The highest BCUT2D eigenvalue weighted by Gasteiger charge is 2.46. The lowest BCUT2D eigenvalue weighted by atomic mass is 9.98. The molecule has 1 aromatic heterocycles. The normalized spacial score (nSPS) is 22.9. The van der Waals surface area contributed by atoms with Crippen molar-refractivity contribution in [1.29, 1.82) is 0 Å². The van der Waals surface area contributed by atoms with E-state index < -0.39 is 70.6 Å². The molecule has 1 aliphatic heterocycles. The maximum absolute atomic E-state index is 14.7. The lowest BCUT2D eigenvalue weighted by Gasteiger charge is -2.30. The van der Waals surface area contributed by atoms with Crippen molar-refractivity contribution in [3.05, 3.63) is 64.5 Å². The Labute approximate surface area is 212 Å². The van der Waals surface area contributed by atoms with Crippen molar-refractivity contribution in [1.82, 2.24) is 15.2 Å². The highest BCUT2D eigenvalue weighted by molar-refractivity contribution is 5.98. The van der Waals surface area contributed by atoms with Gasteiger partial charge < -0.3 is 10.2 Å². The molecule has 2 aliphatic rings. The lowest BCUT2D eigenvalue weighted by Crippen LogP contribution is -2.49. The van der Waals surface area contributed by atoms with Gasteiger partial charge in [0.1, 0.15) is 17.7 Å². The zero-order valence-electron chi connectivity index (χ0n) is 20.1. The summed E-state index contributed by atoms with van der Waals surface area (Å²) in [6.07, 6.45) is -7.21. The molecular formula is C25H23F8N3O2. The summed E-state index contributed by atoms with van der Waals surface area (Å²) in [5.74, 6) is -5.27. The molecule has 0 bridgehead atoms. The van der Waals surface area contributed by atoms with Crippen LogP contribution in [-0.2, 0) is 17.1 Å². The van der Waals surface area contributed by atoms with Crippen LogP contribution < -0.4 is 5.32 Å². The van der Waals surface area contributed by atoms with E-state index in [-0.39, 0.29) is 29.9 Å². The molecule has 5 nitrogen and oxygen atoms in total. The van der Waals surface area contributed by atoms with Gasteiger partial charge in [-0.2, -0.15) is 26.3 Å². The molecule has 1 aliphatic carbocycles. The molecule has 4 atom stereocenters. The maximum atomic E-state index is 14.7. The van der Waals surface area contributed by atoms with Crippen molar-refractivity contribution in [3.8, 4) is 0 Å². The Hall–Kier alpha value is -3.25. The molecule has 0 spiro atoms. The Morgan fingerprint density at radius 3 is 2.21 bits per heavy atom. The molecule has 1 aromatic carbocycles. The van der Waals surface area contributed by atoms with Crippen LogP contribution in [0.25, 0.3) is 0 Å². The third-order valence-electron chi connectivity index (χ3n) is 7.16. The van der Waals surface area contributed by atoms with Crippen LogP contribution in [0.3, 0.4) is 0 Å². The zero-order chi connectivity index (χ0) is 28.2. The monoisotopic (exact) mass is 549 g/mol. The fourth-order valence-electron chi connectivity index (χ4n) is 4.79.